The third-order valence-corrected chi connectivity index (χ3v) is 1.96. The molecule has 78 valence electrons. The van der Waals surface area contributed by atoms with Crippen molar-refractivity contribution in [3.8, 4) is 5.75 Å². The van der Waals surface area contributed by atoms with E-state index in [1.807, 2.05) is 0 Å². The van der Waals surface area contributed by atoms with Gasteiger partial charge in [0.05, 0.1) is 7.11 Å². The highest BCUT2D eigenvalue weighted by molar-refractivity contribution is 5.35. The predicted molar refractivity (Wildman–Crippen MR) is 48.3 cm³/mol. The van der Waals surface area contributed by atoms with Gasteiger partial charge in [-0.1, -0.05) is 0 Å². The number of hydrogen-bond donors (Lipinski definition) is 1. The number of methoxy groups -OCH3 is 1. The molecule has 2 nitrogen and oxygen atoms in total. The summed E-state index contributed by atoms with van der Waals surface area (Å²) in [7, 11) is 1.40. The summed E-state index contributed by atoms with van der Waals surface area (Å²) in [5, 5.41) is 8.59. The molecule has 4 heteroatoms. The lowest BCUT2D eigenvalue weighted by Crippen LogP contribution is -2.00. The lowest BCUT2D eigenvalue weighted by atomic mass is 10.1. The van der Waals surface area contributed by atoms with E-state index in [4.69, 9.17) is 9.84 Å². The smallest absolute Gasteiger partial charge is 0.165 e. The lowest BCUT2D eigenvalue weighted by Gasteiger charge is -2.09. The molecule has 1 aromatic carbocycles. The third kappa shape index (κ3) is 2.20. The minimum absolute atomic E-state index is 0.0564. The molecule has 1 rings (SSSR count). The number of hydrogen-bond acceptors (Lipinski definition) is 2. The molecular weight excluding hydrogens is 190 g/mol. The van der Waals surface area contributed by atoms with Gasteiger partial charge < -0.3 is 9.84 Å². The van der Waals surface area contributed by atoms with Gasteiger partial charge in [0.1, 0.15) is 5.75 Å². The molecule has 0 atom stereocenters. The molecular formula is C10H12F2O2. The summed E-state index contributed by atoms with van der Waals surface area (Å²) in [6.07, 6.45) is 0.653. The van der Waals surface area contributed by atoms with Crippen molar-refractivity contribution in [2.45, 2.75) is 12.8 Å². The molecule has 0 saturated carbocycles. The highest BCUT2D eigenvalue weighted by Crippen LogP contribution is 2.24. The van der Waals surface area contributed by atoms with Gasteiger partial charge in [-0.05, 0) is 25.0 Å². The first kappa shape index (κ1) is 10.9. The van der Waals surface area contributed by atoms with E-state index >= 15 is 0 Å². The maximum Gasteiger partial charge on any atom is 0.165 e. The molecule has 0 aliphatic heterocycles. The van der Waals surface area contributed by atoms with E-state index in [-0.39, 0.29) is 18.6 Å². The summed E-state index contributed by atoms with van der Waals surface area (Å²) in [5.74, 6) is -1.46. The molecule has 0 aliphatic rings. The number of rotatable bonds is 4. The molecule has 0 fully saturated rings. The Morgan fingerprint density at radius 1 is 1.36 bits per heavy atom. The van der Waals surface area contributed by atoms with Crippen LogP contribution in [0.1, 0.15) is 12.0 Å². The molecule has 0 aromatic heterocycles. The minimum atomic E-state index is -0.891. The van der Waals surface area contributed by atoms with Crippen molar-refractivity contribution in [2.75, 3.05) is 13.7 Å². The Morgan fingerprint density at radius 2 is 2.07 bits per heavy atom. The van der Waals surface area contributed by atoms with Crippen molar-refractivity contribution in [3.63, 3.8) is 0 Å². The molecule has 1 aromatic rings. The molecule has 0 amide bonds. The van der Waals surface area contributed by atoms with E-state index in [1.54, 1.807) is 0 Å². The fraction of sp³-hybridized carbons (Fsp3) is 0.400. The largest absolute Gasteiger partial charge is 0.496 e. The van der Waals surface area contributed by atoms with Gasteiger partial charge in [-0.3, -0.25) is 0 Å². The summed E-state index contributed by atoms with van der Waals surface area (Å²) >= 11 is 0. The van der Waals surface area contributed by atoms with Gasteiger partial charge in [-0.15, -0.1) is 0 Å². The molecule has 0 spiro atoms. The van der Waals surface area contributed by atoms with Crippen LogP contribution < -0.4 is 4.74 Å². The molecule has 0 saturated heterocycles. The molecule has 1 N–H and O–H groups in total. The highest BCUT2D eigenvalue weighted by atomic mass is 19.2. The molecule has 0 heterocycles. The van der Waals surface area contributed by atoms with Crippen LogP contribution in [0.4, 0.5) is 8.78 Å². The van der Waals surface area contributed by atoms with Gasteiger partial charge >= 0.3 is 0 Å². The normalized spacial score (nSPS) is 10.3. The predicted octanol–water partition coefficient (Wildman–Crippen LogP) is 1.90. The minimum Gasteiger partial charge on any atom is -0.496 e. The van der Waals surface area contributed by atoms with E-state index in [0.717, 1.165) is 6.07 Å². The maximum absolute atomic E-state index is 13.2. The summed E-state index contributed by atoms with van der Waals surface area (Å²) in [4.78, 5) is 0. The number of benzene rings is 1. The summed E-state index contributed by atoms with van der Waals surface area (Å²) in [6.45, 7) is -0.0564. The van der Waals surface area contributed by atoms with Crippen LogP contribution in [0.2, 0.25) is 0 Å². The molecule has 0 unspecified atom stereocenters. The second kappa shape index (κ2) is 4.91. The average Bonchev–Trinajstić information content (AvgIpc) is 2.20. The van der Waals surface area contributed by atoms with Gasteiger partial charge in [0.2, 0.25) is 0 Å². The van der Waals surface area contributed by atoms with Gasteiger partial charge in [-0.2, -0.15) is 0 Å². The SMILES string of the molecule is COc1ccc(F)c(F)c1CCCO. The van der Waals surface area contributed by atoms with Crippen LogP contribution in [-0.4, -0.2) is 18.8 Å². The van der Waals surface area contributed by atoms with Crippen LogP contribution >= 0.6 is 0 Å². The van der Waals surface area contributed by atoms with E-state index in [0.29, 0.717) is 12.2 Å². The number of aliphatic hydroxyl groups is 1. The Bertz CT molecular complexity index is 313. The number of aliphatic hydroxyl groups excluding tert-OH is 1. The second-order valence-corrected chi connectivity index (χ2v) is 2.87. The van der Waals surface area contributed by atoms with Gasteiger partial charge in [0, 0.05) is 12.2 Å². The van der Waals surface area contributed by atoms with Crippen LogP contribution in [-0.2, 0) is 6.42 Å². The Labute approximate surface area is 81.1 Å². The Kier molecular flexibility index (Phi) is 3.83. The van der Waals surface area contributed by atoms with Crippen molar-refractivity contribution in [1.82, 2.24) is 0 Å². The first-order valence-electron chi connectivity index (χ1n) is 4.32. The Balaban J connectivity index is 3.01. The van der Waals surface area contributed by atoms with Crippen LogP contribution in [0, 0.1) is 11.6 Å². The topological polar surface area (TPSA) is 29.5 Å². The quantitative estimate of drug-likeness (QED) is 0.808. The Morgan fingerprint density at radius 3 is 2.64 bits per heavy atom. The van der Waals surface area contributed by atoms with Crippen molar-refractivity contribution in [2.24, 2.45) is 0 Å². The van der Waals surface area contributed by atoms with Gasteiger partial charge in [0.25, 0.3) is 0 Å². The van der Waals surface area contributed by atoms with Crippen LogP contribution in [0.25, 0.3) is 0 Å². The fourth-order valence-electron chi connectivity index (χ4n) is 1.25. The van der Waals surface area contributed by atoms with Crippen molar-refractivity contribution in [1.29, 1.82) is 0 Å². The zero-order valence-corrected chi connectivity index (χ0v) is 7.89. The second-order valence-electron chi connectivity index (χ2n) is 2.87. The maximum atomic E-state index is 13.2. The van der Waals surface area contributed by atoms with Crippen molar-refractivity contribution < 1.29 is 18.6 Å². The fourth-order valence-corrected chi connectivity index (χ4v) is 1.25. The lowest BCUT2D eigenvalue weighted by molar-refractivity contribution is 0.286. The standard InChI is InChI=1S/C10H12F2O2/c1-14-9-5-4-8(11)10(12)7(9)3-2-6-13/h4-5,13H,2-3,6H2,1H3. The molecule has 14 heavy (non-hydrogen) atoms. The van der Waals surface area contributed by atoms with E-state index in [9.17, 15) is 8.78 Å². The third-order valence-electron chi connectivity index (χ3n) is 1.96. The zero-order chi connectivity index (χ0) is 10.6. The van der Waals surface area contributed by atoms with E-state index < -0.39 is 11.6 Å². The summed E-state index contributed by atoms with van der Waals surface area (Å²) in [6, 6.07) is 2.40. The van der Waals surface area contributed by atoms with Crippen LogP contribution in [0.5, 0.6) is 5.75 Å². The molecule has 0 bridgehead atoms. The van der Waals surface area contributed by atoms with Gasteiger partial charge in [0.15, 0.2) is 11.6 Å². The molecule has 0 radical (unpaired) electrons. The van der Waals surface area contributed by atoms with E-state index in [2.05, 4.69) is 0 Å². The van der Waals surface area contributed by atoms with E-state index in [1.165, 1.54) is 13.2 Å². The highest BCUT2D eigenvalue weighted by Gasteiger charge is 2.13. The first-order valence-corrected chi connectivity index (χ1v) is 4.32. The van der Waals surface area contributed by atoms with Crippen LogP contribution in [0.15, 0.2) is 12.1 Å². The van der Waals surface area contributed by atoms with Crippen LogP contribution in [0.3, 0.4) is 0 Å². The summed E-state index contributed by atoms with van der Waals surface area (Å²) in [5.41, 5.74) is 0.182. The van der Waals surface area contributed by atoms with Crippen molar-refractivity contribution in [3.05, 3.63) is 29.3 Å². The summed E-state index contributed by atoms with van der Waals surface area (Å²) < 4.78 is 31.0. The zero-order valence-electron chi connectivity index (χ0n) is 7.89. The number of ether oxygens (including phenoxy) is 1. The Hall–Kier alpha value is -1.16. The first-order chi connectivity index (χ1) is 6.70. The average molecular weight is 202 g/mol. The monoisotopic (exact) mass is 202 g/mol. The number of halogens is 2. The molecule has 0 aliphatic carbocycles. The van der Waals surface area contributed by atoms with Crippen molar-refractivity contribution >= 4 is 0 Å². The van der Waals surface area contributed by atoms with Gasteiger partial charge in [-0.25, -0.2) is 8.78 Å².